The van der Waals surface area contributed by atoms with Crippen LogP contribution in [0.5, 0.6) is 5.75 Å². The summed E-state index contributed by atoms with van der Waals surface area (Å²) in [7, 11) is 9.87. The van der Waals surface area contributed by atoms with Gasteiger partial charge in [0.1, 0.15) is 11.4 Å². The molecule has 10 heteroatoms. The second-order valence-electron chi connectivity index (χ2n) is 6.94. The van der Waals surface area contributed by atoms with Gasteiger partial charge in [-0.05, 0) is 28.8 Å². The molecule has 2 nitrogen and oxygen atoms in total. The van der Waals surface area contributed by atoms with Crippen LogP contribution in [0.15, 0.2) is 77.8 Å². The third-order valence-corrected chi connectivity index (χ3v) is 4.85. The van der Waals surface area contributed by atoms with Gasteiger partial charge in [-0.1, -0.05) is 60.7 Å². The van der Waals surface area contributed by atoms with E-state index in [1.807, 2.05) is 30.3 Å². The first-order valence-electron chi connectivity index (χ1n) is 9.79. The molecule has 4 rings (SSSR count). The molecule has 4 aromatic rings. The van der Waals surface area contributed by atoms with Crippen LogP contribution in [0.25, 0.3) is 22.3 Å². The summed E-state index contributed by atoms with van der Waals surface area (Å²) >= 11 is -0.826. The summed E-state index contributed by atoms with van der Waals surface area (Å²) in [6.07, 6.45) is 0.868. The zero-order valence-electron chi connectivity index (χ0n) is 17.5. The Hall–Kier alpha value is -2.54. The van der Waals surface area contributed by atoms with E-state index in [1.54, 1.807) is 36.4 Å². The average Bonchev–Trinajstić information content (AvgIpc) is 2.88. The van der Waals surface area contributed by atoms with Gasteiger partial charge in [-0.25, -0.2) is 26.9 Å². The summed E-state index contributed by atoms with van der Waals surface area (Å²) in [4.78, 5) is 3.49. The maximum absolute atomic E-state index is 14.0. The van der Waals surface area contributed by atoms with E-state index in [-0.39, 0.29) is 11.3 Å². The van der Waals surface area contributed by atoms with Gasteiger partial charge in [0.15, 0.2) is 23.3 Å². The Kier molecular flexibility index (Phi) is 9.61. The topological polar surface area (TPSA) is 32.6 Å². The first-order valence-corrected chi connectivity index (χ1v) is 16.1. The standard InChI is InChI=1S/C25H14F5NO.2ClH.Zr/c26-19-20(27)22(29)24(23(30)21(19)28)31-13-17-11-16(14-7-3-1-4-8-14)12-18(25(17)32)15-9-5-2-6-10-15;;;/h1-13,32H;2*1H;/q;;;+2/p-2. The zero-order valence-corrected chi connectivity index (χ0v) is 21.5. The van der Waals surface area contributed by atoms with Crippen molar-refractivity contribution in [2.75, 3.05) is 0 Å². The molecule has 35 heavy (non-hydrogen) atoms. The molecule has 0 aliphatic rings. The molecule has 0 heterocycles. The Balaban J connectivity index is 0.00000108. The summed E-state index contributed by atoms with van der Waals surface area (Å²) in [5.74, 6) is -10.8. The Bertz CT molecular complexity index is 1330. The van der Waals surface area contributed by atoms with Gasteiger partial charge in [0.05, 0.1) is 0 Å². The van der Waals surface area contributed by atoms with Gasteiger partial charge in [0.25, 0.3) is 0 Å². The minimum atomic E-state index is -2.26. The summed E-state index contributed by atoms with van der Waals surface area (Å²) in [5.41, 5.74) is 1.21. The second-order valence-corrected chi connectivity index (χ2v) is 10.7. The van der Waals surface area contributed by atoms with Crippen LogP contribution in [0.2, 0.25) is 0 Å². The number of aromatic hydroxyl groups is 1. The van der Waals surface area contributed by atoms with Crippen molar-refractivity contribution in [3.63, 3.8) is 0 Å². The summed E-state index contributed by atoms with van der Waals surface area (Å²) < 4.78 is 68.3. The van der Waals surface area contributed by atoms with Crippen LogP contribution in [0.1, 0.15) is 5.56 Å². The molecule has 0 aliphatic carbocycles. The molecule has 0 unspecified atom stereocenters. The Labute approximate surface area is 216 Å². The van der Waals surface area contributed by atoms with E-state index >= 15 is 0 Å². The number of phenolic OH excluding ortho intramolecular Hbond substituents is 1. The van der Waals surface area contributed by atoms with Gasteiger partial charge in [-0.15, -0.1) is 0 Å². The SMILES string of the molecule is Oc1c(C=Nc2c(F)c(F)c(F)c(F)c2F)cc(-c2ccccc2)cc1-c1ccccc1.[Cl][Zr][Cl]. The third-order valence-electron chi connectivity index (χ3n) is 4.85. The van der Waals surface area contributed by atoms with Crippen LogP contribution in [0, 0.1) is 29.1 Å². The fourth-order valence-electron chi connectivity index (χ4n) is 3.23. The van der Waals surface area contributed by atoms with Crippen molar-refractivity contribution < 1.29 is 47.9 Å². The number of hydrogen-bond acceptors (Lipinski definition) is 2. The normalized spacial score (nSPS) is 10.7. The molecule has 0 spiro atoms. The van der Waals surface area contributed by atoms with Gasteiger partial charge in [0.2, 0.25) is 5.82 Å². The summed E-state index contributed by atoms with van der Waals surface area (Å²) in [6, 6.07) is 21.2. The number of phenols is 1. The van der Waals surface area contributed by atoms with Crippen molar-refractivity contribution in [3.8, 4) is 28.0 Å². The van der Waals surface area contributed by atoms with E-state index in [9.17, 15) is 27.1 Å². The molecule has 0 fully saturated rings. The molecule has 178 valence electrons. The molecule has 0 aromatic heterocycles. The van der Waals surface area contributed by atoms with E-state index in [0.717, 1.165) is 11.8 Å². The minimum absolute atomic E-state index is 0.0362. The van der Waals surface area contributed by atoms with Gasteiger partial charge in [0, 0.05) is 17.3 Å². The van der Waals surface area contributed by atoms with Crippen molar-refractivity contribution in [2.45, 2.75) is 0 Å². The average molecular weight is 602 g/mol. The predicted octanol–water partition coefficient (Wildman–Crippen LogP) is 8.55. The van der Waals surface area contributed by atoms with Crippen LogP contribution in [-0.2, 0) is 20.8 Å². The van der Waals surface area contributed by atoms with Crippen molar-refractivity contribution in [3.05, 3.63) is 107 Å². The van der Waals surface area contributed by atoms with Crippen LogP contribution >= 0.6 is 17.0 Å². The van der Waals surface area contributed by atoms with E-state index in [4.69, 9.17) is 17.0 Å². The summed E-state index contributed by atoms with van der Waals surface area (Å²) in [6.45, 7) is 0. The van der Waals surface area contributed by atoms with Crippen molar-refractivity contribution >= 4 is 28.9 Å². The first-order chi connectivity index (χ1) is 16.8. The monoisotopic (exact) mass is 599 g/mol. The van der Waals surface area contributed by atoms with Crippen LogP contribution < -0.4 is 0 Å². The maximum atomic E-state index is 14.0. The number of halogens is 7. The molecule has 4 aromatic carbocycles. The molecule has 0 amide bonds. The van der Waals surface area contributed by atoms with Gasteiger partial charge in [-0.2, -0.15) is 0 Å². The van der Waals surface area contributed by atoms with Gasteiger partial charge >= 0.3 is 37.9 Å². The van der Waals surface area contributed by atoms with Gasteiger partial charge in [-0.3, -0.25) is 0 Å². The second kappa shape index (κ2) is 12.4. The van der Waals surface area contributed by atoms with E-state index in [1.165, 1.54) is 6.07 Å². The van der Waals surface area contributed by atoms with Crippen molar-refractivity contribution in [1.82, 2.24) is 0 Å². The Morgan fingerprint density at radius 1 is 0.657 bits per heavy atom. The molecular formula is C25H14Cl2F5NOZr. The molecule has 0 saturated heterocycles. The number of hydrogen-bond donors (Lipinski definition) is 1. The molecule has 0 bridgehead atoms. The van der Waals surface area contributed by atoms with Crippen LogP contribution in [0.3, 0.4) is 0 Å². The summed E-state index contributed by atoms with van der Waals surface area (Å²) in [5, 5.41) is 10.8. The van der Waals surface area contributed by atoms with E-state index < -0.39 is 55.6 Å². The van der Waals surface area contributed by atoms with Gasteiger partial charge < -0.3 is 5.11 Å². The van der Waals surface area contributed by atoms with E-state index in [0.29, 0.717) is 16.7 Å². The van der Waals surface area contributed by atoms with Crippen LogP contribution in [-0.4, -0.2) is 11.3 Å². The molecule has 1 N–H and O–H groups in total. The predicted molar refractivity (Wildman–Crippen MR) is 124 cm³/mol. The Morgan fingerprint density at radius 3 is 1.63 bits per heavy atom. The Morgan fingerprint density at radius 2 is 1.11 bits per heavy atom. The molecule has 0 aliphatic heterocycles. The fourth-order valence-corrected chi connectivity index (χ4v) is 3.23. The van der Waals surface area contributed by atoms with Crippen molar-refractivity contribution in [2.24, 2.45) is 4.99 Å². The number of benzene rings is 4. The molecule has 0 atom stereocenters. The zero-order chi connectivity index (χ0) is 25.5. The fraction of sp³-hybridized carbons (Fsp3) is 0. The molecule has 0 radical (unpaired) electrons. The van der Waals surface area contributed by atoms with Crippen molar-refractivity contribution in [1.29, 1.82) is 0 Å². The third kappa shape index (κ3) is 6.18. The quantitative estimate of drug-likeness (QED) is 0.108. The van der Waals surface area contributed by atoms with E-state index in [2.05, 4.69) is 4.99 Å². The molecular weight excluding hydrogens is 587 g/mol. The first kappa shape index (κ1) is 27.1. The number of aliphatic imine (C=N–C) groups is 1. The van der Waals surface area contributed by atoms with Crippen LogP contribution in [0.4, 0.5) is 27.6 Å². The number of nitrogens with zero attached hydrogens (tertiary/aromatic N) is 1. The number of rotatable bonds is 4. The molecule has 0 saturated carbocycles.